The maximum absolute atomic E-state index is 11.9. The van der Waals surface area contributed by atoms with Crippen molar-refractivity contribution in [3.05, 3.63) is 57.4 Å². The minimum atomic E-state index is -0.248. The molecule has 3 rings (SSSR count). The van der Waals surface area contributed by atoms with Gasteiger partial charge in [-0.25, -0.2) is 0 Å². The van der Waals surface area contributed by atoms with Gasteiger partial charge in [0, 0.05) is 21.9 Å². The smallest absolute Gasteiger partial charge is 0.262 e. The molecule has 0 saturated carbocycles. The molecule has 0 saturated heterocycles. The summed E-state index contributed by atoms with van der Waals surface area (Å²) in [6.07, 6.45) is 1.51. The summed E-state index contributed by atoms with van der Waals surface area (Å²) in [6.45, 7) is 0. The lowest BCUT2D eigenvalue weighted by Gasteiger charge is -2.12. The minimum Gasteiger partial charge on any atom is -0.493 e. The van der Waals surface area contributed by atoms with E-state index in [1.165, 1.54) is 6.08 Å². The van der Waals surface area contributed by atoms with E-state index >= 15 is 0 Å². The molecule has 1 heterocycles. The molecule has 5 nitrogen and oxygen atoms in total. The van der Waals surface area contributed by atoms with Crippen LogP contribution in [0.2, 0.25) is 5.02 Å². The number of hydrogen-bond donors (Lipinski definition) is 2. The Hall–Kier alpha value is -2.66. The third-order valence-electron chi connectivity index (χ3n) is 3.56. The SMILES string of the molecule is COc1cc2c(cc1OC)=C(c1ccc(Cl)cc1)NNC(=O)C=2. The lowest BCUT2D eigenvalue weighted by Crippen LogP contribution is -2.36. The van der Waals surface area contributed by atoms with Gasteiger partial charge >= 0.3 is 0 Å². The van der Waals surface area contributed by atoms with Crippen LogP contribution in [0.25, 0.3) is 11.8 Å². The van der Waals surface area contributed by atoms with Gasteiger partial charge in [0.05, 0.1) is 19.9 Å². The van der Waals surface area contributed by atoms with Crippen molar-refractivity contribution in [1.29, 1.82) is 0 Å². The van der Waals surface area contributed by atoms with Gasteiger partial charge in [-0.1, -0.05) is 23.7 Å². The maximum Gasteiger partial charge on any atom is 0.262 e. The fourth-order valence-electron chi connectivity index (χ4n) is 2.44. The van der Waals surface area contributed by atoms with Crippen LogP contribution in [0.3, 0.4) is 0 Å². The zero-order valence-corrected chi connectivity index (χ0v) is 13.4. The van der Waals surface area contributed by atoms with E-state index in [2.05, 4.69) is 10.9 Å². The summed E-state index contributed by atoms with van der Waals surface area (Å²) in [6, 6.07) is 11.0. The Morgan fingerprint density at radius 1 is 0.957 bits per heavy atom. The number of fused-ring (bicyclic) bond motifs is 1. The van der Waals surface area contributed by atoms with Crippen LogP contribution in [0.5, 0.6) is 11.5 Å². The van der Waals surface area contributed by atoms with Crippen LogP contribution in [0.15, 0.2) is 36.4 Å². The number of ether oxygens (including phenoxy) is 2. The van der Waals surface area contributed by atoms with Gasteiger partial charge in [0.2, 0.25) is 0 Å². The first-order valence-electron chi connectivity index (χ1n) is 6.92. The Morgan fingerprint density at radius 2 is 1.61 bits per heavy atom. The molecule has 2 N–H and O–H groups in total. The molecule has 1 amide bonds. The second-order valence-corrected chi connectivity index (χ2v) is 5.37. The van der Waals surface area contributed by atoms with Gasteiger partial charge in [-0.05, 0) is 29.5 Å². The molecule has 0 bridgehead atoms. The molecule has 0 aromatic heterocycles. The van der Waals surface area contributed by atoms with Gasteiger partial charge in [-0.2, -0.15) is 0 Å². The van der Waals surface area contributed by atoms with Crippen molar-refractivity contribution in [2.24, 2.45) is 0 Å². The summed E-state index contributed by atoms with van der Waals surface area (Å²) in [4.78, 5) is 11.9. The average molecular weight is 331 g/mol. The van der Waals surface area contributed by atoms with E-state index in [0.717, 1.165) is 21.7 Å². The molecule has 0 atom stereocenters. The Labute approximate surface area is 138 Å². The van der Waals surface area contributed by atoms with Crippen LogP contribution in [0.4, 0.5) is 0 Å². The van der Waals surface area contributed by atoms with E-state index in [9.17, 15) is 4.79 Å². The minimum absolute atomic E-state index is 0.248. The van der Waals surface area contributed by atoms with E-state index in [1.54, 1.807) is 32.4 Å². The highest BCUT2D eigenvalue weighted by Crippen LogP contribution is 2.23. The quantitative estimate of drug-likeness (QED) is 0.879. The van der Waals surface area contributed by atoms with Gasteiger partial charge in [0.25, 0.3) is 5.91 Å². The van der Waals surface area contributed by atoms with Crippen molar-refractivity contribution in [2.75, 3.05) is 14.2 Å². The van der Waals surface area contributed by atoms with Crippen LogP contribution < -0.4 is 30.8 Å². The number of halogens is 1. The standard InChI is InChI=1S/C17H15ClN2O3/c1-22-14-7-11-8-16(21)19-20-17(13(11)9-15(14)23-2)10-3-5-12(18)6-4-10/h3-9,20H,1-2H3,(H,19,21). The number of carbonyl (C=O) groups excluding carboxylic acids is 1. The molecule has 23 heavy (non-hydrogen) atoms. The maximum atomic E-state index is 11.9. The second-order valence-electron chi connectivity index (χ2n) is 4.93. The molecule has 1 aliphatic heterocycles. The average Bonchev–Trinajstić information content (AvgIpc) is 2.72. The summed E-state index contributed by atoms with van der Waals surface area (Å²) >= 11 is 5.95. The van der Waals surface area contributed by atoms with Gasteiger partial charge in [0.1, 0.15) is 0 Å². The summed E-state index contributed by atoms with van der Waals surface area (Å²) in [5.41, 5.74) is 7.23. The third-order valence-corrected chi connectivity index (χ3v) is 3.81. The number of rotatable bonds is 3. The molecule has 0 aliphatic carbocycles. The topological polar surface area (TPSA) is 59.6 Å². The highest BCUT2D eigenvalue weighted by Gasteiger charge is 2.13. The van der Waals surface area contributed by atoms with Crippen molar-refractivity contribution in [1.82, 2.24) is 10.9 Å². The molecule has 1 aliphatic rings. The Kier molecular flexibility index (Phi) is 4.12. The number of hydrazine groups is 1. The van der Waals surface area contributed by atoms with Crippen LogP contribution in [0, 0.1) is 0 Å². The van der Waals surface area contributed by atoms with E-state index in [4.69, 9.17) is 21.1 Å². The zero-order chi connectivity index (χ0) is 16.4. The normalized spacial score (nSPS) is 13.2. The molecule has 0 unspecified atom stereocenters. The van der Waals surface area contributed by atoms with Crippen molar-refractivity contribution in [2.45, 2.75) is 0 Å². The van der Waals surface area contributed by atoms with Crippen LogP contribution in [0.1, 0.15) is 5.56 Å². The predicted octanol–water partition coefficient (Wildman–Crippen LogP) is 0.929. The van der Waals surface area contributed by atoms with Crippen molar-refractivity contribution in [3.63, 3.8) is 0 Å². The molecule has 0 radical (unpaired) electrons. The molecular formula is C17H15ClN2O3. The van der Waals surface area contributed by atoms with Gasteiger partial charge in [-0.3, -0.25) is 15.6 Å². The third kappa shape index (κ3) is 2.96. The first-order valence-corrected chi connectivity index (χ1v) is 7.30. The zero-order valence-electron chi connectivity index (χ0n) is 12.6. The van der Waals surface area contributed by atoms with Crippen LogP contribution >= 0.6 is 11.6 Å². The first kappa shape index (κ1) is 15.2. The van der Waals surface area contributed by atoms with Crippen molar-refractivity contribution < 1.29 is 14.3 Å². The largest absolute Gasteiger partial charge is 0.493 e. The Bertz CT molecular complexity index is 876. The van der Waals surface area contributed by atoms with Crippen molar-refractivity contribution in [3.8, 4) is 11.5 Å². The fraction of sp³-hybridized carbons (Fsp3) is 0.118. The summed E-state index contributed by atoms with van der Waals surface area (Å²) in [5, 5.41) is 2.20. The Morgan fingerprint density at radius 3 is 2.26 bits per heavy atom. The second kappa shape index (κ2) is 6.22. The molecular weight excluding hydrogens is 316 g/mol. The van der Waals surface area contributed by atoms with Crippen LogP contribution in [-0.4, -0.2) is 20.1 Å². The highest BCUT2D eigenvalue weighted by atomic mass is 35.5. The number of amides is 1. The predicted molar refractivity (Wildman–Crippen MR) is 88.5 cm³/mol. The van der Waals surface area contributed by atoms with E-state index < -0.39 is 0 Å². The highest BCUT2D eigenvalue weighted by molar-refractivity contribution is 6.30. The lowest BCUT2D eigenvalue weighted by molar-refractivity contribution is -0.115. The molecule has 0 spiro atoms. The number of methoxy groups -OCH3 is 2. The molecule has 6 heteroatoms. The Balaban J connectivity index is 2.35. The summed E-state index contributed by atoms with van der Waals surface area (Å²) in [7, 11) is 3.13. The van der Waals surface area contributed by atoms with Crippen molar-refractivity contribution >= 4 is 29.3 Å². The van der Waals surface area contributed by atoms with E-state index in [-0.39, 0.29) is 5.91 Å². The van der Waals surface area contributed by atoms with Gasteiger partial charge in [0.15, 0.2) is 11.5 Å². The molecule has 0 fully saturated rings. The van der Waals surface area contributed by atoms with E-state index in [1.807, 2.05) is 18.2 Å². The van der Waals surface area contributed by atoms with Crippen LogP contribution in [-0.2, 0) is 4.79 Å². The number of benzene rings is 2. The number of carbonyl (C=O) groups is 1. The number of nitrogens with one attached hydrogen (secondary N) is 2. The summed E-state index contributed by atoms with van der Waals surface area (Å²) < 4.78 is 10.7. The first-order chi connectivity index (χ1) is 11.1. The summed E-state index contributed by atoms with van der Waals surface area (Å²) in [5.74, 6) is 0.900. The molecule has 2 aromatic carbocycles. The monoisotopic (exact) mass is 330 g/mol. The molecule has 2 aromatic rings. The molecule has 118 valence electrons. The fourth-order valence-corrected chi connectivity index (χ4v) is 2.57. The van der Waals surface area contributed by atoms with E-state index in [0.29, 0.717) is 16.5 Å². The van der Waals surface area contributed by atoms with Gasteiger partial charge < -0.3 is 9.47 Å². The number of hydrogen-bond acceptors (Lipinski definition) is 4. The lowest BCUT2D eigenvalue weighted by atomic mass is 10.1. The van der Waals surface area contributed by atoms with Gasteiger partial charge in [-0.15, -0.1) is 0 Å².